The molecule has 0 aliphatic heterocycles. The molecular weight excluding hydrogens is 172 g/mol. The van der Waals surface area contributed by atoms with Gasteiger partial charge in [0, 0.05) is 6.42 Å². The lowest BCUT2D eigenvalue weighted by Gasteiger charge is -2.18. The fourth-order valence-corrected chi connectivity index (χ4v) is 1.55. The van der Waals surface area contributed by atoms with Gasteiger partial charge in [0.25, 0.3) is 0 Å². The number of benzene rings is 1. The molecular formula is C13H14O. The monoisotopic (exact) mass is 186 g/mol. The molecule has 1 nitrogen and oxygen atoms in total. The molecule has 14 heavy (non-hydrogen) atoms. The van der Waals surface area contributed by atoms with Crippen LogP contribution in [-0.2, 0) is 0 Å². The summed E-state index contributed by atoms with van der Waals surface area (Å²) in [5.74, 6) is 0.942. The van der Waals surface area contributed by atoms with Gasteiger partial charge < -0.3 is 4.74 Å². The van der Waals surface area contributed by atoms with Crippen molar-refractivity contribution < 1.29 is 4.74 Å². The molecule has 0 radical (unpaired) electrons. The van der Waals surface area contributed by atoms with Gasteiger partial charge >= 0.3 is 0 Å². The molecule has 0 N–H and O–H groups in total. The molecule has 0 fully saturated rings. The lowest BCUT2D eigenvalue weighted by molar-refractivity contribution is 0.248. The van der Waals surface area contributed by atoms with E-state index in [2.05, 4.69) is 25.2 Å². The van der Waals surface area contributed by atoms with Crippen LogP contribution in [0.4, 0.5) is 0 Å². The molecule has 0 amide bonds. The zero-order valence-electron chi connectivity index (χ0n) is 8.31. The van der Waals surface area contributed by atoms with Gasteiger partial charge in [-0.3, -0.25) is 0 Å². The van der Waals surface area contributed by atoms with Gasteiger partial charge in [-0.2, -0.15) is 0 Å². The molecule has 1 aromatic rings. The van der Waals surface area contributed by atoms with Gasteiger partial charge in [0.2, 0.25) is 0 Å². The van der Waals surface area contributed by atoms with E-state index in [1.165, 1.54) is 5.57 Å². The first-order valence-corrected chi connectivity index (χ1v) is 4.90. The smallest absolute Gasteiger partial charge is 0.121 e. The third-order valence-corrected chi connectivity index (χ3v) is 2.26. The van der Waals surface area contributed by atoms with Gasteiger partial charge in [-0.1, -0.05) is 35.9 Å². The second-order valence-corrected chi connectivity index (χ2v) is 3.57. The lowest BCUT2D eigenvalue weighted by Crippen LogP contribution is -2.15. The maximum Gasteiger partial charge on any atom is 0.121 e. The summed E-state index contributed by atoms with van der Waals surface area (Å²) in [6.07, 6.45) is 7.48. The standard InChI is InChI=1S/C13H14O/c1-11-6-5-9-13(10-11)14-12-7-3-2-4-8-12/h2-9,13H,10H2,1H3/t13-/m1/s1. The molecule has 0 bridgehead atoms. The van der Waals surface area contributed by atoms with Crippen molar-refractivity contribution >= 4 is 0 Å². The average molecular weight is 186 g/mol. The number of rotatable bonds is 2. The molecule has 1 heteroatoms. The van der Waals surface area contributed by atoms with Crippen molar-refractivity contribution in [2.24, 2.45) is 0 Å². The predicted molar refractivity (Wildman–Crippen MR) is 58.4 cm³/mol. The minimum atomic E-state index is 0.197. The number of para-hydroxylation sites is 1. The molecule has 1 atom stereocenters. The molecule has 72 valence electrons. The van der Waals surface area contributed by atoms with E-state index in [0.29, 0.717) is 0 Å². The molecule has 1 aliphatic rings. The summed E-state index contributed by atoms with van der Waals surface area (Å²) in [6, 6.07) is 9.95. The van der Waals surface area contributed by atoms with Crippen LogP contribution in [0, 0.1) is 0 Å². The topological polar surface area (TPSA) is 9.23 Å². The van der Waals surface area contributed by atoms with Gasteiger partial charge in [0.15, 0.2) is 0 Å². The van der Waals surface area contributed by atoms with Crippen molar-refractivity contribution in [2.75, 3.05) is 0 Å². The molecule has 0 saturated carbocycles. The molecule has 1 aromatic carbocycles. The third kappa shape index (κ3) is 2.25. The maximum absolute atomic E-state index is 5.80. The Hall–Kier alpha value is -1.50. The molecule has 0 saturated heterocycles. The summed E-state index contributed by atoms with van der Waals surface area (Å²) >= 11 is 0. The molecule has 1 aliphatic carbocycles. The Morgan fingerprint density at radius 2 is 2.00 bits per heavy atom. The molecule has 0 spiro atoms. The van der Waals surface area contributed by atoms with Crippen LogP contribution >= 0.6 is 0 Å². The highest BCUT2D eigenvalue weighted by atomic mass is 16.5. The van der Waals surface area contributed by atoms with Gasteiger partial charge in [-0.25, -0.2) is 0 Å². The van der Waals surface area contributed by atoms with E-state index in [0.717, 1.165) is 12.2 Å². The van der Waals surface area contributed by atoms with Gasteiger partial charge in [-0.05, 0) is 25.1 Å². The Kier molecular flexibility index (Phi) is 2.68. The minimum Gasteiger partial charge on any atom is -0.486 e. The quantitative estimate of drug-likeness (QED) is 0.688. The molecule has 0 heterocycles. The number of hydrogen-bond acceptors (Lipinski definition) is 1. The highest BCUT2D eigenvalue weighted by Gasteiger charge is 2.09. The highest BCUT2D eigenvalue weighted by Crippen LogP contribution is 2.18. The van der Waals surface area contributed by atoms with Crippen molar-refractivity contribution in [1.82, 2.24) is 0 Å². The lowest BCUT2D eigenvalue weighted by atomic mass is 10.0. The third-order valence-electron chi connectivity index (χ3n) is 2.26. The summed E-state index contributed by atoms with van der Waals surface area (Å²) in [5, 5.41) is 0. The molecule has 0 aromatic heterocycles. The second-order valence-electron chi connectivity index (χ2n) is 3.57. The van der Waals surface area contributed by atoms with E-state index in [1.807, 2.05) is 30.3 Å². The molecule has 0 unspecified atom stereocenters. The summed E-state index contributed by atoms with van der Waals surface area (Å²) in [5.41, 5.74) is 1.37. The summed E-state index contributed by atoms with van der Waals surface area (Å²) in [4.78, 5) is 0. The van der Waals surface area contributed by atoms with E-state index >= 15 is 0 Å². The van der Waals surface area contributed by atoms with Crippen molar-refractivity contribution in [2.45, 2.75) is 19.4 Å². The van der Waals surface area contributed by atoms with Crippen LogP contribution in [0.25, 0.3) is 0 Å². The van der Waals surface area contributed by atoms with Crippen LogP contribution in [0.15, 0.2) is 54.1 Å². The Balaban J connectivity index is 2.00. The van der Waals surface area contributed by atoms with E-state index in [4.69, 9.17) is 4.74 Å². The largest absolute Gasteiger partial charge is 0.486 e. The Labute approximate surface area is 84.7 Å². The van der Waals surface area contributed by atoms with Crippen molar-refractivity contribution in [3.63, 3.8) is 0 Å². The normalized spacial score (nSPS) is 20.4. The zero-order chi connectivity index (χ0) is 9.80. The molecule has 2 rings (SSSR count). The average Bonchev–Trinajstić information content (AvgIpc) is 2.19. The summed E-state index contributed by atoms with van der Waals surface area (Å²) < 4.78 is 5.80. The van der Waals surface area contributed by atoms with Crippen LogP contribution in [0.1, 0.15) is 13.3 Å². The predicted octanol–water partition coefficient (Wildman–Crippen LogP) is 3.34. The van der Waals surface area contributed by atoms with Crippen LogP contribution in [0.3, 0.4) is 0 Å². The SMILES string of the molecule is CC1=CC=C[C@@H](Oc2ccccc2)C1. The zero-order valence-corrected chi connectivity index (χ0v) is 8.31. The van der Waals surface area contributed by atoms with Crippen LogP contribution in [0.5, 0.6) is 5.75 Å². The van der Waals surface area contributed by atoms with Crippen LogP contribution < -0.4 is 4.74 Å². The van der Waals surface area contributed by atoms with E-state index in [1.54, 1.807) is 0 Å². The van der Waals surface area contributed by atoms with Gasteiger partial charge in [0.1, 0.15) is 11.9 Å². The number of allylic oxidation sites excluding steroid dienone is 2. The fourth-order valence-electron chi connectivity index (χ4n) is 1.55. The minimum absolute atomic E-state index is 0.197. The van der Waals surface area contributed by atoms with E-state index in [9.17, 15) is 0 Å². The Bertz CT molecular complexity index is 349. The van der Waals surface area contributed by atoms with Gasteiger partial charge in [-0.15, -0.1) is 0 Å². The first-order valence-electron chi connectivity index (χ1n) is 4.90. The maximum atomic E-state index is 5.80. The summed E-state index contributed by atoms with van der Waals surface area (Å²) in [7, 11) is 0. The fraction of sp³-hybridized carbons (Fsp3) is 0.231. The van der Waals surface area contributed by atoms with E-state index < -0.39 is 0 Å². The van der Waals surface area contributed by atoms with Crippen LogP contribution in [-0.4, -0.2) is 6.10 Å². The number of hydrogen-bond donors (Lipinski definition) is 0. The Morgan fingerprint density at radius 1 is 1.21 bits per heavy atom. The Morgan fingerprint density at radius 3 is 2.71 bits per heavy atom. The first kappa shape index (κ1) is 9.07. The van der Waals surface area contributed by atoms with Crippen molar-refractivity contribution in [3.05, 3.63) is 54.1 Å². The number of ether oxygens (including phenoxy) is 1. The highest BCUT2D eigenvalue weighted by molar-refractivity contribution is 5.25. The van der Waals surface area contributed by atoms with E-state index in [-0.39, 0.29) is 6.10 Å². The van der Waals surface area contributed by atoms with Crippen molar-refractivity contribution in [3.8, 4) is 5.75 Å². The second kappa shape index (κ2) is 4.14. The van der Waals surface area contributed by atoms with Crippen LogP contribution in [0.2, 0.25) is 0 Å². The first-order chi connectivity index (χ1) is 6.84. The summed E-state index contributed by atoms with van der Waals surface area (Å²) in [6.45, 7) is 2.13. The van der Waals surface area contributed by atoms with Gasteiger partial charge in [0.05, 0.1) is 0 Å². The van der Waals surface area contributed by atoms with Crippen molar-refractivity contribution in [1.29, 1.82) is 0 Å².